The molecular formula is C11H17N5. The van der Waals surface area contributed by atoms with E-state index in [1.165, 1.54) is 0 Å². The molecule has 1 aromatic heterocycles. The molecule has 1 heterocycles. The van der Waals surface area contributed by atoms with Gasteiger partial charge in [-0.2, -0.15) is 5.26 Å². The van der Waals surface area contributed by atoms with E-state index >= 15 is 0 Å². The molecule has 0 saturated heterocycles. The maximum atomic E-state index is 8.62. The summed E-state index contributed by atoms with van der Waals surface area (Å²) >= 11 is 0. The topological polar surface area (TPSA) is 78.0 Å². The summed E-state index contributed by atoms with van der Waals surface area (Å²) in [5, 5.41) is 8.62. The average Bonchev–Trinajstić information content (AvgIpc) is 2.29. The first kappa shape index (κ1) is 12.3. The fraction of sp³-hybridized carbons (Fsp3) is 0.455. The maximum absolute atomic E-state index is 8.62. The minimum Gasteiger partial charge on any atom is -0.368 e. The highest BCUT2D eigenvalue weighted by Crippen LogP contribution is 2.19. The van der Waals surface area contributed by atoms with Crippen molar-refractivity contribution in [3.63, 3.8) is 0 Å². The largest absolute Gasteiger partial charge is 0.368 e. The Morgan fingerprint density at radius 2 is 2.38 bits per heavy atom. The molecule has 0 aliphatic rings. The van der Waals surface area contributed by atoms with E-state index in [-0.39, 0.29) is 0 Å². The lowest BCUT2D eigenvalue weighted by molar-refractivity contribution is 0.686. The minimum absolute atomic E-state index is 0.335. The molecule has 0 spiro atoms. The number of hydrogen-bond acceptors (Lipinski definition) is 5. The van der Waals surface area contributed by atoms with Crippen LogP contribution in [0.2, 0.25) is 0 Å². The Balaban J connectivity index is 2.88. The fourth-order valence-electron chi connectivity index (χ4n) is 1.53. The zero-order valence-corrected chi connectivity index (χ0v) is 9.64. The SMILES string of the molecule is CC(C)N(CCC#N)c1ccnc(NN)c1. The standard InChI is InChI=1S/C11H17N5/c1-9(2)16(7-3-5-12)10-4-6-14-11(8-10)15-13/h4,6,8-9H,3,7,13H2,1-2H3,(H,14,15). The van der Waals surface area contributed by atoms with Crippen LogP contribution in [-0.2, 0) is 0 Å². The molecule has 0 bridgehead atoms. The van der Waals surface area contributed by atoms with Crippen LogP contribution in [0.4, 0.5) is 11.5 Å². The predicted molar refractivity (Wildman–Crippen MR) is 64.8 cm³/mol. The first-order valence-corrected chi connectivity index (χ1v) is 5.25. The van der Waals surface area contributed by atoms with Gasteiger partial charge in [-0.25, -0.2) is 10.8 Å². The number of nitriles is 1. The Hall–Kier alpha value is -1.80. The van der Waals surface area contributed by atoms with Gasteiger partial charge in [-0.3, -0.25) is 0 Å². The average molecular weight is 219 g/mol. The quantitative estimate of drug-likeness (QED) is 0.579. The number of nitrogens with one attached hydrogen (secondary N) is 1. The Morgan fingerprint density at radius 3 is 2.94 bits per heavy atom. The molecule has 0 amide bonds. The van der Waals surface area contributed by atoms with Gasteiger partial charge in [-0.05, 0) is 19.9 Å². The van der Waals surface area contributed by atoms with E-state index in [1.54, 1.807) is 6.20 Å². The van der Waals surface area contributed by atoms with Gasteiger partial charge < -0.3 is 10.3 Å². The van der Waals surface area contributed by atoms with Gasteiger partial charge in [0.2, 0.25) is 0 Å². The van der Waals surface area contributed by atoms with Crippen LogP contribution >= 0.6 is 0 Å². The number of pyridine rings is 1. The molecule has 0 aliphatic carbocycles. The number of hydrazine groups is 1. The zero-order valence-electron chi connectivity index (χ0n) is 9.64. The number of aromatic nitrogens is 1. The van der Waals surface area contributed by atoms with Gasteiger partial charge in [-0.15, -0.1) is 0 Å². The molecule has 3 N–H and O–H groups in total. The maximum Gasteiger partial charge on any atom is 0.141 e. The number of hydrogen-bond donors (Lipinski definition) is 2. The van der Waals surface area contributed by atoms with Crippen molar-refractivity contribution < 1.29 is 0 Å². The molecule has 0 aliphatic heterocycles. The highest BCUT2D eigenvalue weighted by molar-refractivity contribution is 5.54. The number of nitrogens with two attached hydrogens (primary N) is 1. The molecule has 1 aromatic rings. The molecular weight excluding hydrogens is 202 g/mol. The molecule has 0 aromatic carbocycles. The third-order valence-electron chi connectivity index (χ3n) is 2.31. The van der Waals surface area contributed by atoms with E-state index in [4.69, 9.17) is 11.1 Å². The van der Waals surface area contributed by atoms with Crippen molar-refractivity contribution in [3.8, 4) is 6.07 Å². The molecule has 5 heteroatoms. The summed E-state index contributed by atoms with van der Waals surface area (Å²) in [7, 11) is 0. The number of anilines is 2. The van der Waals surface area contributed by atoms with Crippen LogP contribution < -0.4 is 16.2 Å². The van der Waals surface area contributed by atoms with Crippen molar-refractivity contribution in [1.29, 1.82) is 5.26 Å². The lowest BCUT2D eigenvalue weighted by Gasteiger charge is -2.28. The molecule has 5 nitrogen and oxygen atoms in total. The summed E-state index contributed by atoms with van der Waals surface area (Å²) in [4.78, 5) is 6.20. The number of nitrogens with zero attached hydrogens (tertiary/aromatic N) is 3. The van der Waals surface area contributed by atoms with Crippen LogP contribution in [-0.4, -0.2) is 17.6 Å². The van der Waals surface area contributed by atoms with Crippen molar-refractivity contribution in [2.75, 3.05) is 16.9 Å². The number of rotatable bonds is 5. The summed E-state index contributed by atoms with van der Waals surface area (Å²) in [5.41, 5.74) is 3.54. The van der Waals surface area contributed by atoms with Gasteiger partial charge in [0.25, 0.3) is 0 Å². The van der Waals surface area contributed by atoms with Crippen molar-refractivity contribution in [3.05, 3.63) is 18.3 Å². The van der Waals surface area contributed by atoms with E-state index in [1.807, 2.05) is 12.1 Å². The summed E-state index contributed by atoms with van der Waals surface area (Å²) in [6.07, 6.45) is 2.21. The summed E-state index contributed by atoms with van der Waals surface area (Å²) in [6, 6.07) is 6.28. The second-order valence-corrected chi connectivity index (χ2v) is 3.74. The fourth-order valence-corrected chi connectivity index (χ4v) is 1.53. The molecule has 0 radical (unpaired) electrons. The lowest BCUT2D eigenvalue weighted by atomic mass is 10.2. The van der Waals surface area contributed by atoms with Gasteiger partial charge in [0.15, 0.2) is 0 Å². The van der Waals surface area contributed by atoms with E-state index in [0.717, 1.165) is 5.69 Å². The van der Waals surface area contributed by atoms with Crippen molar-refractivity contribution >= 4 is 11.5 Å². The van der Waals surface area contributed by atoms with Crippen LogP contribution in [0.5, 0.6) is 0 Å². The molecule has 0 fully saturated rings. The van der Waals surface area contributed by atoms with Gasteiger partial charge in [-0.1, -0.05) is 0 Å². The molecule has 0 atom stereocenters. The monoisotopic (exact) mass is 219 g/mol. The minimum atomic E-state index is 0.335. The lowest BCUT2D eigenvalue weighted by Crippen LogP contribution is -2.31. The second kappa shape index (κ2) is 5.93. The molecule has 0 saturated carbocycles. The van der Waals surface area contributed by atoms with Crippen molar-refractivity contribution in [2.24, 2.45) is 5.84 Å². The first-order valence-electron chi connectivity index (χ1n) is 5.25. The Bertz CT molecular complexity index is 369. The Morgan fingerprint density at radius 1 is 1.62 bits per heavy atom. The third kappa shape index (κ3) is 3.11. The zero-order chi connectivity index (χ0) is 12.0. The summed E-state index contributed by atoms with van der Waals surface area (Å²) < 4.78 is 0. The summed E-state index contributed by atoms with van der Waals surface area (Å²) in [6.45, 7) is 4.89. The van der Waals surface area contributed by atoms with Gasteiger partial charge >= 0.3 is 0 Å². The van der Waals surface area contributed by atoms with Crippen LogP contribution in [0, 0.1) is 11.3 Å². The van der Waals surface area contributed by atoms with Gasteiger partial charge in [0, 0.05) is 30.5 Å². The van der Waals surface area contributed by atoms with Gasteiger partial charge in [0.1, 0.15) is 5.82 Å². The Kier molecular flexibility index (Phi) is 4.55. The molecule has 16 heavy (non-hydrogen) atoms. The predicted octanol–water partition coefficient (Wildman–Crippen LogP) is 1.50. The van der Waals surface area contributed by atoms with E-state index < -0.39 is 0 Å². The van der Waals surface area contributed by atoms with E-state index in [2.05, 4.69) is 35.2 Å². The smallest absolute Gasteiger partial charge is 0.141 e. The van der Waals surface area contributed by atoms with Crippen LogP contribution in [0.1, 0.15) is 20.3 Å². The van der Waals surface area contributed by atoms with E-state index in [0.29, 0.717) is 24.8 Å². The highest BCUT2D eigenvalue weighted by Gasteiger charge is 2.10. The second-order valence-electron chi connectivity index (χ2n) is 3.74. The van der Waals surface area contributed by atoms with Crippen molar-refractivity contribution in [1.82, 2.24) is 4.98 Å². The summed E-state index contributed by atoms with van der Waals surface area (Å²) in [5.74, 6) is 5.94. The van der Waals surface area contributed by atoms with Crippen LogP contribution in [0.15, 0.2) is 18.3 Å². The third-order valence-corrected chi connectivity index (χ3v) is 2.31. The van der Waals surface area contributed by atoms with Gasteiger partial charge in [0.05, 0.1) is 12.5 Å². The van der Waals surface area contributed by atoms with Crippen LogP contribution in [0.3, 0.4) is 0 Å². The van der Waals surface area contributed by atoms with Crippen molar-refractivity contribution in [2.45, 2.75) is 26.3 Å². The number of nitrogen functional groups attached to an aromatic ring is 1. The Labute approximate surface area is 95.9 Å². The van der Waals surface area contributed by atoms with Crippen LogP contribution in [0.25, 0.3) is 0 Å². The highest BCUT2D eigenvalue weighted by atomic mass is 15.3. The normalized spacial score (nSPS) is 9.94. The van der Waals surface area contributed by atoms with E-state index in [9.17, 15) is 0 Å². The molecule has 0 unspecified atom stereocenters. The molecule has 1 rings (SSSR count). The molecule has 86 valence electrons. The first-order chi connectivity index (χ1) is 7.69.